The van der Waals surface area contributed by atoms with Crippen LogP contribution < -0.4 is 5.32 Å². The summed E-state index contributed by atoms with van der Waals surface area (Å²) in [5.74, 6) is -0.788. The molecule has 2 atom stereocenters. The molecular formula is C15H13FN4OS. The molecule has 0 spiro atoms. The number of benzene rings is 1. The van der Waals surface area contributed by atoms with Crippen LogP contribution >= 0.6 is 11.3 Å². The number of carbonyl (C=O) groups is 1. The molecule has 0 aliphatic heterocycles. The Morgan fingerprint density at radius 3 is 3.00 bits per heavy atom. The van der Waals surface area contributed by atoms with Gasteiger partial charge in [-0.15, -0.1) is 0 Å². The Kier molecular flexibility index (Phi) is 2.97. The van der Waals surface area contributed by atoms with Crippen molar-refractivity contribution in [2.75, 3.05) is 5.32 Å². The summed E-state index contributed by atoms with van der Waals surface area (Å²) in [5, 5.41) is 10.3. The number of aromatic nitrogens is 3. The van der Waals surface area contributed by atoms with E-state index in [-0.39, 0.29) is 5.91 Å². The number of halogens is 1. The maximum atomic E-state index is 12.9. The number of carbonyl (C=O) groups excluding carboxylic acids is 1. The molecule has 5 nitrogen and oxygen atoms in total. The lowest BCUT2D eigenvalue weighted by Crippen LogP contribution is -2.14. The zero-order valence-corrected chi connectivity index (χ0v) is 12.6. The van der Waals surface area contributed by atoms with Crippen molar-refractivity contribution in [2.45, 2.75) is 19.5 Å². The third-order valence-corrected chi connectivity index (χ3v) is 4.71. The predicted octanol–water partition coefficient (Wildman–Crippen LogP) is 3.29. The fourth-order valence-electron chi connectivity index (χ4n) is 2.40. The Morgan fingerprint density at radius 1 is 1.50 bits per heavy atom. The zero-order valence-electron chi connectivity index (χ0n) is 11.8. The Morgan fingerprint density at radius 2 is 2.32 bits per heavy atom. The molecule has 0 unspecified atom stereocenters. The number of nitrogens with zero attached hydrogens (tertiary/aromatic N) is 2. The van der Waals surface area contributed by atoms with E-state index >= 15 is 0 Å². The van der Waals surface area contributed by atoms with Gasteiger partial charge in [0.05, 0.1) is 21.8 Å². The number of thiazole rings is 1. The highest BCUT2D eigenvalue weighted by Gasteiger charge is 2.43. The molecule has 7 heteroatoms. The number of alkyl halides is 1. The second kappa shape index (κ2) is 4.88. The molecule has 1 aliphatic rings. The van der Waals surface area contributed by atoms with E-state index in [4.69, 9.17) is 0 Å². The van der Waals surface area contributed by atoms with Crippen molar-refractivity contribution >= 4 is 32.6 Å². The number of nitrogens with one attached hydrogen (secondary N) is 2. The second-order valence-electron chi connectivity index (χ2n) is 5.47. The Balaban J connectivity index is 1.63. The summed E-state index contributed by atoms with van der Waals surface area (Å²) in [4.78, 5) is 16.1. The van der Waals surface area contributed by atoms with Crippen LogP contribution in [-0.4, -0.2) is 27.3 Å². The molecule has 2 heterocycles. The lowest BCUT2D eigenvalue weighted by molar-refractivity contribution is -0.117. The van der Waals surface area contributed by atoms with Crippen LogP contribution in [0, 0.1) is 12.8 Å². The number of aromatic amines is 1. The molecule has 1 amide bonds. The quantitative estimate of drug-likeness (QED) is 0.779. The lowest BCUT2D eigenvalue weighted by Gasteiger charge is -1.97. The summed E-state index contributed by atoms with van der Waals surface area (Å²) in [6.07, 6.45) is 1.17. The maximum absolute atomic E-state index is 12.9. The van der Waals surface area contributed by atoms with Gasteiger partial charge >= 0.3 is 0 Å². The van der Waals surface area contributed by atoms with Gasteiger partial charge in [-0.25, -0.2) is 9.37 Å². The van der Waals surface area contributed by atoms with Gasteiger partial charge in [0, 0.05) is 11.8 Å². The van der Waals surface area contributed by atoms with Crippen molar-refractivity contribution in [3.63, 3.8) is 0 Å². The molecule has 3 aromatic rings. The van der Waals surface area contributed by atoms with Crippen molar-refractivity contribution in [1.29, 1.82) is 0 Å². The van der Waals surface area contributed by atoms with Crippen LogP contribution in [0.5, 0.6) is 0 Å². The molecule has 1 fully saturated rings. The number of hydrogen-bond donors (Lipinski definition) is 2. The summed E-state index contributed by atoms with van der Waals surface area (Å²) in [5.41, 5.74) is 3.78. The lowest BCUT2D eigenvalue weighted by atomic mass is 10.1. The standard InChI is InChI=1S/C15H13FN4OS/c1-7-6-17-20-13(7)8-2-3-11-12(4-8)22-15(18-11)19-14(21)9-5-10(9)16/h2-4,6,9-10H,5H2,1H3,(H,17,20)(H,18,19,21)/t9-,10+/m1/s1. The van der Waals surface area contributed by atoms with Crippen molar-refractivity contribution in [1.82, 2.24) is 15.2 Å². The SMILES string of the molecule is Cc1c[nH]nc1-c1ccc2nc(NC(=O)[C@@H]3C[C@@H]3F)sc2c1. The number of fused-ring (bicyclic) bond motifs is 1. The average Bonchev–Trinajstić information content (AvgIpc) is 2.90. The highest BCUT2D eigenvalue weighted by atomic mass is 32.1. The number of anilines is 1. The minimum atomic E-state index is -0.997. The molecule has 22 heavy (non-hydrogen) atoms. The minimum Gasteiger partial charge on any atom is -0.302 e. The number of amides is 1. The Labute approximate surface area is 129 Å². The normalized spacial score (nSPS) is 20.3. The number of H-pyrrole nitrogens is 1. The topological polar surface area (TPSA) is 70.7 Å². The van der Waals surface area contributed by atoms with Crippen molar-refractivity contribution in [2.24, 2.45) is 5.92 Å². The Bertz CT molecular complexity index is 871. The molecule has 1 saturated carbocycles. The van der Waals surface area contributed by atoms with Crippen LogP contribution in [0.2, 0.25) is 0 Å². The van der Waals surface area contributed by atoms with Gasteiger partial charge in [-0.3, -0.25) is 9.89 Å². The smallest absolute Gasteiger partial charge is 0.232 e. The van der Waals surface area contributed by atoms with Gasteiger partial charge < -0.3 is 5.32 Å². The maximum Gasteiger partial charge on any atom is 0.232 e. The summed E-state index contributed by atoms with van der Waals surface area (Å²) in [7, 11) is 0. The number of rotatable bonds is 3. The molecule has 0 saturated heterocycles. The first kappa shape index (κ1) is 13.4. The van der Waals surface area contributed by atoms with Gasteiger partial charge in [0.1, 0.15) is 6.17 Å². The molecule has 2 aromatic heterocycles. The van der Waals surface area contributed by atoms with Crippen molar-refractivity contribution in [3.05, 3.63) is 30.0 Å². The van der Waals surface area contributed by atoms with E-state index in [1.807, 2.05) is 31.3 Å². The van der Waals surface area contributed by atoms with Crippen LogP contribution in [0.25, 0.3) is 21.5 Å². The first-order valence-electron chi connectivity index (χ1n) is 6.98. The third-order valence-electron chi connectivity index (χ3n) is 3.77. The largest absolute Gasteiger partial charge is 0.302 e. The van der Waals surface area contributed by atoms with Gasteiger partial charge in [0.25, 0.3) is 0 Å². The molecular weight excluding hydrogens is 303 g/mol. The van der Waals surface area contributed by atoms with Gasteiger partial charge in [-0.1, -0.05) is 17.4 Å². The predicted molar refractivity (Wildman–Crippen MR) is 83.6 cm³/mol. The van der Waals surface area contributed by atoms with Gasteiger partial charge in [0.15, 0.2) is 5.13 Å². The second-order valence-corrected chi connectivity index (χ2v) is 6.50. The van der Waals surface area contributed by atoms with Crippen molar-refractivity contribution in [3.8, 4) is 11.3 Å². The summed E-state index contributed by atoms with van der Waals surface area (Å²) in [6, 6.07) is 5.86. The van der Waals surface area contributed by atoms with Gasteiger partial charge in [-0.2, -0.15) is 5.10 Å². The van der Waals surface area contributed by atoms with E-state index in [0.29, 0.717) is 11.6 Å². The fourth-order valence-corrected chi connectivity index (χ4v) is 3.31. The van der Waals surface area contributed by atoms with E-state index in [0.717, 1.165) is 27.0 Å². The molecule has 4 rings (SSSR count). The van der Waals surface area contributed by atoms with Crippen LogP contribution in [0.1, 0.15) is 12.0 Å². The Hall–Kier alpha value is -2.28. The van der Waals surface area contributed by atoms with E-state index in [2.05, 4.69) is 20.5 Å². The average molecular weight is 316 g/mol. The van der Waals surface area contributed by atoms with Crippen LogP contribution in [0.3, 0.4) is 0 Å². The van der Waals surface area contributed by atoms with E-state index in [9.17, 15) is 9.18 Å². The zero-order chi connectivity index (χ0) is 15.3. The monoisotopic (exact) mass is 316 g/mol. The van der Waals surface area contributed by atoms with E-state index in [1.54, 1.807) is 0 Å². The summed E-state index contributed by atoms with van der Waals surface area (Å²) < 4.78 is 13.9. The van der Waals surface area contributed by atoms with Crippen LogP contribution in [0.4, 0.5) is 9.52 Å². The highest BCUT2D eigenvalue weighted by Crippen LogP contribution is 2.36. The first-order valence-corrected chi connectivity index (χ1v) is 7.80. The van der Waals surface area contributed by atoms with Gasteiger partial charge in [-0.05, 0) is 31.0 Å². The molecule has 2 N–H and O–H groups in total. The molecule has 0 bridgehead atoms. The van der Waals surface area contributed by atoms with E-state index in [1.165, 1.54) is 11.3 Å². The first-order chi connectivity index (χ1) is 10.6. The number of hydrogen-bond acceptors (Lipinski definition) is 4. The molecule has 1 aliphatic carbocycles. The van der Waals surface area contributed by atoms with Crippen LogP contribution in [-0.2, 0) is 4.79 Å². The highest BCUT2D eigenvalue weighted by molar-refractivity contribution is 7.22. The fraction of sp³-hybridized carbons (Fsp3) is 0.267. The molecule has 112 valence electrons. The summed E-state index contributed by atoms with van der Waals surface area (Å²) in [6.45, 7) is 1.99. The van der Waals surface area contributed by atoms with E-state index < -0.39 is 12.1 Å². The van der Waals surface area contributed by atoms with Gasteiger partial charge in [0.2, 0.25) is 5.91 Å². The minimum absolute atomic E-state index is 0.282. The van der Waals surface area contributed by atoms with Crippen LogP contribution in [0.15, 0.2) is 24.4 Å². The van der Waals surface area contributed by atoms with Crippen molar-refractivity contribution < 1.29 is 9.18 Å². The summed E-state index contributed by atoms with van der Waals surface area (Å²) >= 11 is 1.39. The molecule has 0 radical (unpaired) electrons. The number of aryl methyl sites for hydroxylation is 1. The third kappa shape index (κ3) is 2.27. The molecule has 1 aromatic carbocycles.